The van der Waals surface area contributed by atoms with Crippen molar-refractivity contribution in [3.05, 3.63) is 89.7 Å². The first-order chi connectivity index (χ1) is 13.2. The molecule has 0 unspecified atom stereocenters. The van der Waals surface area contributed by atoms with Crippen molar-refractivity contribution in [2.45, 2.75) is 0 Å². The van der Waals surface area contributed by atoms with E-state index in [4.69, 9.17) is 14.2 Å². The van der Waals surface area contributed by atoms with Crippen LogP contribution in [0.15, 0.2) is 72.8 Å². The topological polar surface area (TPSA) is 44.8 Å². The maximum Gasteiger partial charge on any atom is 0.193 e. The second-order valence-corrected chi connectivity index (χ2v) is 5.73. The molecule has 0 aliphatic rings. The summed E-state index contributed by atoms with van der Waals surface area (Å²) in [6.45, 7) is 0.764. The summed E-state index contributed by atoms with van der Waals surface area (Å²) >= 11 is 0. The fraction of sp³-hybridized carbons (Fsp3) is 0.136. The SMILES string of the molecule is COc1ccc(OCCOc2ccc(C(=O)c3ccc(F)cc3)cc2)cc1. The van der Waals surface area contributed by atoms with Crippen molar-refractivity contribution >= 4 is 5.78 Å². The fourth-order valence-corrected chi connectivity index (χ4v) is 2.46. The van der Waals surface area contributed by atoms with Crippen molar-refractivity contribution in [3.63, 3.8) is 0 Å². The molecule has 138 valence electrons. The predicted molar refractivity (Wildman–Crippen MR) is 100 cm³/mol. The first kappa shape index (κ1) is 18.5. The highest BCUT2D eigenvalue weighted by Crippen LogP contribution is 2.18. The molecule has 0 spiro atoms. The van der Waals surface area contributed by atoms with Gasteiger partial charge in [-0.05, 0) is 72.8 Å². The molecule has 3 aromatic rings. The van der Waals surface area contributed by atoms with Crippen LogP contribution in [0.3, 0.4) is 0 Å². The van der Waals surface area contributed by atoms with Crippen molar-refractivity contribution in [1.82, 2.24) is 0 Å². The van der Waals surface area contributed by atoms with Gasteiger partial charge in [0.15, 0.2) is 5.78 Å². The second-order valence-electron chi connectivity index (χ2n) is 5.73. The zero-order chi connectivity index (χ0) is 19.1. The van der Waals surface area contributed by atoms with Crippen LogP contribution in [0.25, 0.3) is 0 Å². The molecular weight excluding hydrogens is 347 g/mol. The molecule has 0 saturated carbocycles. The normalized spacial score (nSPS) is 10.3. The third-order valence-electron chi connectivity index (χ3n) is 3.90. The molecular formula is C22H19FO4. The number of methoxy groups -OCH3 is 1. The Labute approximate surface area is 157 Å². The highest BCUT2D eigenvalue weighted by molar-refractivity contribution is 6.08. The summed E-state index contributed by atoms with van der Waals surface area (Å²) in [6.07, 6.45) is 0. The monoisotopic (exact) mass is 366 g/mol. The fourth-order valence-electron chi connectivity index (χ4n) is 2.46. The molecule has 0 aliphatic carbocycles. The second kappa shape index (κ2) is 8.85. The summed E-state index contributed by atoms with van der Waals surface area (Å²) in [5, 5.41) is 0. The molecule has 0 bridgehead atoms. The lowest BCUT2D eigenvalue weighted by atomic mass is 10.0. The van der Waals surface area contributed by atoms with Gasteiger partial charge in [-0.1, -0.05) is 0 Å². The van der Waals surface area contributed by atoms with Gasteiger partial charge >= 0.3 is 0 Å². The molecule has 0 atom stereocenters. The van der Waals surface area contributed by atoms with Gasteiger partial charge in [0.25, 0.3) is 0 Å². The highest BCUT2D eigenvalue weighted by Gasteiger charge is 2.09. The van der Waals surface area contributed by atoms with Crippen LogP contribution in [0, 0.1) is 5.82 Å². The maximum atomic E-state index is 13.0. The number of halogens is 1. The number of hydrogen-bond acceptors (Lipinski definition) is 4. The Morgan fingerprint density at radius 1 is 0.704 bits per heavy atom. The van der Waals surface area contributed by atoms with Crippen LogP contribution in [-0.2, 0) is 0 Å². The number of carbonyl (C=O) groups excluding carboxylic acids is 1. The van der Waals surface area contributed by atoms with E-state index in [-0.39, 0.29) is 11.6 Å². The zero-order valence-corrected chi connectivity index (χ0v) is 14.9. The predicted octanol–water partition coefficient (Wildman–Crippen LogP) is 4.52. The van der Waals surface area contributed by atoms with Gasteiger partial charge in [0.1, 0.15) is 36.3 Å². The van der Waals surface area contributed by atoms with Gasteiger partial charge in [-0.3, -0.25) is 4.79 Å². The average molecular weight is 366 g/mol. The van der Waals surface area contributed by atoms with Gasteiger partial charge in [-0.15, -0.1) is 0 Å². The summed E-state index contributed by atoms with van der Waals surface area (Å²) in [7, 11) is 1.61. The molecule has 0 aromatic heterocycles. The van der Waals surface area contributed by atoms with E-state index in [0.717, 1.165) is 11.5 Å². The Bertz CT molecular complexity index is 872. The van der Waals surface area contributed by atoms with E-state index in [0.29, 0.717) is 30.1 Å². The molecule has 3 aromatic carbocycles. The number of hydrogen-bond donors (Lipinski definition) is 0. The van der Waals surface area contributed by atoms with Crippen molar-refractivity contribution in [2.75, 3.05) is 20.3 Å². The molecule has 5 heteroatoms. The minimum Gasteiger partial charge on any atom is -0.497 e. The largest absolute Gasteiger partial charge is 0.497 e. The number of carbonyl (C=O) groups is 1. The van der Waals surface area contributed by atoms with E-state index >= 15 is 0 Å². The molecule has 0 N–H and O–H groups in total. The Morgan fingerprint density at radius 3 is 1.59 bits per heavy atom. The molecule has 0 fully saturated rings. The first-order valence-corrected chi connectivity index (χ1v) is 8.46. The Kier molecular flexibility index (Phi) is 6.05. The molecule has 0 heterocycles. The molecule has 3 rings (SSSR count). The maximum absolute atomic E-state index is 13.0. The number of rotatable bonds is 8. The minimum absolute atomic E-state index is 0.163. The van der Waals surface area contributed by atoms with Gasteiger partial charge in [0.05, 0.1) is 7.11 Å². The summed E-state index contributed by atoms with van der Waals surface area (Å²) in [4.78, 5) is 12.3. The van der Waals surface area contributed by atoms with Crippen LogP contribution in [0.1, 0.15) is 15.9 Å². The van der Waals surface area contributed by atoms with Crippen molar-refractivity contribution in [2.24, 2.45) is 0 Å². The molecule has 0 saturated heterocycles. The lowest BCUT2D eigenvalue weighted by Gasteiger charge is -2.09. The van der Waals surface area contributed by atoms with E-state index in [1.807, 2.05) is 24.3 Å². The van der Waals surface area contributed by atoms with Gasteiger partial charge in [-0.25, -0.2) is 4.39 Å². The third-order valence-corrected chi connectivity index (χ3v) is 3.90. The summed E-state index contributed by atoms with van der Waals surface area (Å²) in [5.74, 6) is 1.62. The van der Waals surface area contributed by atoms with Crippen LogP contribution in [-0.4, -0.2) is 26.1 Å². The molecule has 0 amide bonds. The van der Waals surface area contributed by atoms with Crippen molar-refractivity contribution in [3.8, 4) is 17.2 Å². The first-order valence-electron chi connectivity index (χ1n) is 8.46. The summed E-state index contributed by atoms with van der Waals surface area (Å²) in [6, 6.07) is 19.6. The summed E-state index contributed by atoms with van der Waals surface area (Å²) < 4.78 is 29.3. The zero-order valence-electron chi connectivity index (χ0n) is 14.9. The van der Waals surface area contributed by atoms with Crippen LogP contribution in [0.2, 0.25) is 0 Å². The molecule has 0 aliphatic heterocycles. The van der Waals surface area contributed by atoms with Crippen LogP contribution in [0.4, 0.5) is 4.39 Å². The van der Waals surface area contributed by atoms with E-state index in [1.165, 1.54) is 24.3 Å². The van der Waals surface area contributed by atoms with Crippen molar-refractivity contribution in [1.29, 1.82) is 0 Å². The highest BCUT2D eigenvalue weighted by atomic mass is 19.1. The molecule has 27 heavy (non-hydrogen) atoms. The lowest BCUT2D eigenvalue weighted by molar-refractivity contribution is 0.103. The van der Waals surface area contributed by atoms with Crippen molar-refractivity contribution < 1.29 is 23.4 Å². The van der Waals surface area contributed by atoms with Crippen LogP contribution < -0.4 is 14.2 Å². The Hall–Kier alpha value is -3.34. The van der Waals surface area contributed by atoms with E-state index < -0.39 is 0 Å². The number of benzene rings is 3. The standard InChI is InChI=1S/C22H19FO4/c1-25-19-10-12-21(13-11-19)27-15-14-26-20-8-4-17(5-9-20)22(24)16-2-6-18(23)7-3-16/h2-13H,14-15H2,1H3. The Morgan fingerprint density at radius 2 is 1.11 bits per heavy atom. The third kappa shape index (κ3) is 5.07. The van der Waals surface area contributed by atoms with Gasteiger partial charge in [0, 0.05) is 11.1 Å². The van der Waals surface area contributed by atoms with E-state index in [2.05, 4.69) is 0 Å². The average Bonchev–Trinajstić information content (AvgIpc) is 2.72. The lowest BCUT2D eigenvalue weighted by Crippen LogP contribution is -2.09. The number of ether oxygens (including phenoxy) is 3. The van der Waals surface area contributed by atoms with Crippen LogP contribution >= 0.6 is 0 Å². The quantitative estimate of drug-likeness (QED) is 0.434. The molecule has 0 radical (unpaired) electrons. The summed E-state index contributed by atoms with van der Waals surface area (Å²) in [5.41, 5.74) is 0.960. The minimum atomic E-state index is -0.368. The van der Waals surface area contributed by atoms with E-state index in [1.54, 1.807) is 31.4 Å². The van der Waals surface area contributed by atoms with Gasteiger partial charge in [0.2, 0.25) is 0 Å². The van der Waals surface area contributed by atoms with Gasteiger partial charge < -0.3 is 14.2 Å². The molecule has 4 nitrogen and oxygen atoms in total. The van der Waals surface area contributed by atoms with Crippen LogP contribution in [0.5, 0.6) is 17.2 Å². The smallest absolute Gasteiger partial charge is 0.193 e. The number of ketones is 1. The van der Waals surface area contributed by atoms with E-state index in [9.17, 15) is 9.18 Å². The Balaban J connectivity index is 1.48. The van der Waals surface area contributed by atoms with Gasteiger partial charge in [-0.2, -0.15) is 0 Å².